The Kier molecular flexibility index (Phi) is 3.89. The molecule has 0 atom stereocenters. The van der Waals surface area contributed by atoms with Crippen molar-refractivity contribution in [2.24, 2.45) is 0 Å². The Morgan fingerprint density at radius 3 is 2.63 bits per heavy atom. The van der Waals surface area contributed by atoms with Crippen LogP contribution < -0.4 is 10.6 Å². The second kappa shape index (κ2) is 5.15. The number of aromatic nitrogens is 1. The monoisotopic (exact) mass is 304 g/mol. The Balaban J connectivity index is 2.58. The van der Waals surface area contributed by atoms with Crippen molar-refractivity contribution in [1.82, 2.24) is 9.88 Å². The van der Waals surface area contributed by atoms with Crippen molar-refractivity contribution in [1.29, 1.82) is 0 Å². The first-order valence-corrected chi connectivity index (χ1v) is 8.38. The van der Waals surface area contributed by atoms with Gasteiger partial charge >= 0.3 is 0 Å². The van der Waals surface area contributed by atoms with Gasteiger partial charge in [-0.05, 0) is 13.5 Å². The fraction of sp³-hybridized carbons (Fsp3) is 0.545. The molecule has 1 aliphatic rings. The highest BCUT2D eigenvalue weighted by atomic mass is 35.7. The highest BCUT2D eigenvalue weighted by Gasteiger charge is 2.27. The second-order valence-corrected chi connectivity index (χ2v) is 6.95. The molecule has 6 nitrogen and oxygen atoms in total. The molecule has 0 saturated carbocycles. The van der Waals surface area contributed by atoms with Crippen molar-refractivity contribution in [3.8, 4) is 0 Å². The zero-order valence-corrected chi connectivity index (χ0v) is 12.5. The van der Waals surface area contributed by atoms with Gasteiger partial charge in [0.25, 0.3) is 9.05 Å². The van der Waals surface area contributed by atoms with E-state index in [1.807, 2.05) is 13.8 Å². The molecule has 0 radical (unpaired) electrons. The Bertz CT molecular complexity index is 591. The average Bonchev–Trinajstić information content (AvgIpc) is 2.36. The Morgan fingerprint density at radius 1 is 1.42 bits per heavy atom. The standard InChI is InChI=1S/C11H17ClN4O2S/c1-3-15-6-8-10(13)9(19(12,17)18)5-14-11(8)16(4-2)7-15/h5H,3-4,6-7H2,1-2H3,(H2,13,14). The molecule has 0 saturated heterocycles. The first kappa shape index (κ1) is 14.4. The van der Waals surface area contributed by atoms with Gasteiger partial charge in [0.15, 0.2) is 0 Å². The molecule has 0 amide bonds. The third-order valence-electron chi connectivity index (χ3n) is 3.31. The molecule has 106 valence electrons. The largest absolute Gasteiger partial charge is 0.397 e. The molecule has 0 bridgehead atoms. The highest BCUT2D eigenvalue weighted by molar-refractivity contribution is 8.13. The number of nitrogens with two attached hydrogens (primary N) is 1. The van der Waals surface area contributed by atoms with Crippen LogP contribution in [0.25, 0.3) is 0 Å². The van der Waals surface area contributed by atoms with E-state index in [2.05, 4.69) is 14.8 Å². The van der Waals surface area contributed by atoms with Crippen molar-refractivity contribution >= 4 is 31.2 Å². The van der Waals surface area contributed by atoms with Crippen molar-refractivity contribution in [2.45, 2.75) is 25.3 Å². The van der Waals surface area contributed by atoms with Gasteiger partial charge in [-0.25, -0.2) is 13.4 Å². The number of fused-ring (bicyclic) bond motifs is 1. The van der Waals surface area contributed by atoms with Crippen LogP contribution in [0.2, 0.25) is 0 Å². The van der Waals surface area contributed by atoms with Crippen molar-refractivity contribution in [3.63, 3.8) is 0 Å². The molecule has 0 unspecified atom stereocenters. The van der Waals surface area contributed by atoms with Crippen LogP contribution in [0.5, 0.6) is 0 Å². The highest BCUT2D eigenvalue weighted by Crippen LogP contribution is 2.34. The summed E-state index contributed by atoms with van der Waals surface area (Å²) in [6.07, 6.45) is 1.24. The molecule has 0 spiro atoms. The third-order valence-corrected chi connectivity index (χ3v) is 4.66. The first-order valence-electron chi connectivity index (χ1n) is 6.07. The smallest absolute Gasteiger partial charge is 0.264 e. The number of halogens is 1. The molecule has 0 aromatic carbocycles. The van der Waals surface area contributed by atoms with Crippen LogP contribution in [0.15, 0.2) is 11.1 Å². The van der Waals surface area contributed by atoms with E-state index in [1.165, 1.54) is 6.20 Å². The molecule has 2 rings (SSSR count). The zero-order valence-electron chi connectivity index (χ0n) is 10.9. The maximum absolute atomic E-state index is 11.5. The molecular formula is C11H17ClN4O2S. The Hall–Kier alpha value is -1.05. The molecule has 0 fully saturated rings. The second-order valence-electron chi connectivity index (χ2n) is 4.42. The SMILES string of the molecule is CCN1Cc2c(ncc(S(=O)(=O)Cl)c2N)N(CC)C1. The number of nitrogen functional groups attached to an aromatic ring is 1. The summed E-state index contributed by atoms with van der Waals surface area (Å²) < 4.78 is 22.9. The van der Waals surface area contributed by atoms with E-state index in [-0.39, 0.29) is 10.6 Å². The first-order chi connectivity index (χ1) is 8.88. The van der Waals surface area contributed by atoms with Crippen molar-refractivity contribution in [3.05, 3.63) is 11.8 Å². The zero-order chi connectivity index (χ0) is 14.2. The Morgan fingerprint density at radius 2 is 2.11 bits per heavy atom. The lowest BCUT2D eigenvalue weighted by Gasteiger charge is -2.37. The van der Waals surface area contributed by atoms with Crippen LogP contribution in [0.3, 0.4) is 0 Å². The van der Waals surface area contributed by atoms with Crippen LogP contribution in [0, 0.1) is 0 Å². The summed E-state index contributed by atoms with van der Waals surface area (Å²) in [6.45, 7) is 7.05. The maximum atomic E-state index is 11.5. The van der Waals surface area contributed by atoms with Crippen LogP contribution in [0.1, 0.15) is 19.4 Å². The van der Waals surface area contributed by atoms with E-state index in [4.69, 9.17) is 16.4 Å². The van der Waals surface area contributed by atoms with Gasteiger partial charge in [-0.2, -0.15) is 0 Å². The minimum atomic E-state index is -3.87. The van der Waals surface area contributed by atoms with Gasteiger partial charge in [-0.3, -0.25) is 4.90 Å². The summed E-state index contributed by atoms with van der Waals surface area (Å²) in [5, 5.41) is 0. The molecule has 1 aliphatic heterocycles. The van der Waals surface area contributed by atoms with E-state index in [0.29, 0.717) is 6.54 Å². The predicted octanol–water partition coefficient (Wildman–Crippen LogP) is 1.21. The van der Waals surface area contributed by atoms with Crippen LogP contribution in [0.4, 0.5) is 11.5 Å². The summed E-state index contributed by atoms with van der Waals surface area (Å²) in [7, 11) is 1.50. The van der Waals surface area contributed by atoms with Crippen molar-refractivity contribution in [2.75, 3.05) is 30.4 Å². The van der Waals surface area contributed by atoms with Gasteiger partial charge in [0.2, 0.25) is 0 Å². The minimum absolute atomic E-state index is 0.109. The molecule has 8 heteroatoms. The molecule has 2 N–H and O–H groups in total. The minimum Gasteiger partial charge on any atom is -0.397 e. The number of hydrogen-bond donors (Lipinski definition) is 1. The molecular weight excluding hydrogens is 288 g/mol. The number of nitrogens with zero attached hydrogens (tertiary/aromatic N) is 3. The maximum Gasteiger partial charge on any atom is 0.264 e. The molecule has 0 aliphatic carbocycles. The van der Waals surface area contributed by atoms with E-state index in [9.17, 15) is 8.42 Å². The van der Waals surface area contributed by atoms with Crippen LogP contribution >= 0.6 is 10.7 Å². The quantitative estimate of drug-likeness (QED) is 0.846. The Labute approximate surface area is 117 Å². The van der Waals surface area contributed by atoms with Gasteiger partial charge in [-0.15, -0.1) is 0 Å². The number of pyridine rings is 1. The normalized spacial score (nSPS) is 16.5. The van der Waals surface area contributed by atoms with E-state index in [1.54, 1.807) is 0 Å². The molecule has 1 aromatic heterocycles. The predicted molar refractivity (Wildman–Crippen MR) is 75.7 cm³/mol. The van der Waals surface area contributed by atoms with Gasteiger partial charge < -0.3 is 10.6 Å². The summed E-state index contributed by atoms with van der Waals surface area (Å²) >= 11 is 0. The fourth-order valence-electron chi connectivity index (χ4n) is 2.20. The molecule has 2 heterocycles. The van der Waals surface area contributed by atoms with Crippen LogP contribution in [-0.4, -0.2) is 38.1 Å². The summed E-state index contributed by atoms with van der Waals surface area (Å²) in [6, 6.07) is 0. The lowest BCUT2D eigenvalue weighted by Crippen LogP contribution is -2.43. The van der Waals surface area contributed by atoms with Gasteiger partial charge in [-0.1, -0.05) is 6.92 Å². The topological polar surface area (TPSA) is 79.5 Å². The summed E-state index contributed by atoms with van der Waals surface area (Å²) in [5.74, 6) is 0.744. The van der Waals surface area contributed by atoms with Gasteiger partial charge in [0, 0.05) is 29.3 Å². The number of anilines is 2. The molecule has 1 aromatic rings. The fourth-order valence-corrected chi connectivity index (χ4v) is 3.14. The van der Waals surface area contributed by atoms with Gasteiger partial charge in [0.1, 0.15) is 10.7 Å². The average molecular weight is 305 g/mol. The van der Waals surface area contributed by atoms with Crippen LogP contribution in [-0.2, 0) is 15.6 Å². The van der Waals surface area contributed by atoms with E-state index in [0.717, 1.165) is 31.1 Å². The lowest BCUT2D eigenvalue weighted by atomic mass is 10.1. The summed E-state index contributed by atoms with van der Waals surface area (Å²) in [4.78, 5) is 8.33. The lowest BCUT2D eigenvalue weighted by molar-refractivity contribution is 0.265. The summed E-state index contributed by atoms with van der Waals surface area (Å²) in [5.41, 5.74) is 6.91. The number of rotatable bonds is 3. The van der Waals surface area contributed by atoms with E-state index < -0.39 is 9.05 Å². The van der Waals surface area contributed by atoms with Gasteiger partial charge in [0.05, 0.1) is 18.6 Å². The number of hydrogen-bond acceptors (Lipinski definition) is 6. The van der Waals surface area contributed by atoms with Crippen molar-refractivity contribution < 1.29 is 8.42 Å². The third kappa shape index (κ3) is 2.63. The van der Waals surface area contributed by atoms with E-state index >= 15 is 0 Å². The molecule has 19 heavy (non-hydrogen) atoms.